The first kappa shape index (κ1) is 24.3. The van der Waals surface area contributed by atoms with E-state index >= 15 is 0 Å². The minimum Gasteiger partial charge on any atom is -0.382 e. The third-order valence-corrected chi connectivity index (χ3v) is 7.63. The molecule has 2 bridgehead atoms. The van der Waals surface area contributed by atoms with E-state index in [9.17, 15) is 14.4 Å². The van der Waals surface area contributed by atoms with Crippen LogP contribution >= 0.6 is 0 Å². The molecule has 3 fully saturated rings. The molecule has 2 saturated heterocycles. The Bertz CT molecular complexity index is 1170. The number of ketones is 1. The number of piperidine rings is 1. The van der Waals surface area contributed by atoms with E-state index in [1.807, 2.05) is 32.9 Å². The van der Waals surface area contributed by atoms with E-state index in [1.54, 1.807) is 18.3 Å². The van der Waals surface area contributed by atoms with Gasteiger partial charge in [-0.2, -0.15) is 0 Å². The number of fused-ring (bicyclic) bond motifs is 2. The molecule has 190 valence electrons. The molecule has 1 aromatic carbocycles. The number of nitrogens with one attached hydrogen (secondary N) is 2. The number of nitrogens with zero attached hydrogens (tertiary/aromatic N) is 2. The Labute approximate surface area is 212 Å². The lowest BCUT2D eigenvalue weighted by Gasteiger charge is -2.40. The first-order valence-electron chi connectivity index (χ1n) is 13.0. The predicted molar refractivity (Wildman–Crippen MR) is 140 cm³/mol. The van der Waals surface area contributed by atoms with Crippen molar-refractivity contribution in [2.45, 2.75) is 83.5 Å². The van der Waals surface area contributed by atoms with Crippen molar-refractivity contribution in [3.05, 3.63) is 52.7 Å². The van der Waals surface area contributed by atoms with Crippen LogP contribution in [0.1, 0.15) is 89.0 Å². The highest BCUT2D eigenvalue weighted by Gasteiger charge is 2.42. The van der Waals surface area contributed by atoms with Gasteiger partial charge in [0.15, 0.2) is 5.78 Å². The molecule has 1 saturated carbocycles. The summed E-state index contributed by atoms with van der Waals surface area (Å²) in [5.41, 5.74) is 8.52. The molecule has 2 amide bonds. The van der Waals surface area contributed by atoms with Crippen LogP contribution in [0, 0.1) is 12.8 Å². The zero-order valence-corrected chi connectivity index (χ0v) is 21.2. The lowest BCUT2D eigenvalue weighted by molar-refractivity contribution is 0.0923. The average Bonchev–Trinajstić information content (AvgIpc) is 3.64. The van der Waals surface area contributed by atoms with E-state index < -0.39 is 5.91 Å². The van der Waals surface area contributed by atoms with Crippen molar-refractivity contribution in [1.29, 1.82) is 0 Å². The van der Waals surface area contributed by atoms with Gasteiger partial charge >= 0.3 is 0 Å². The second-order valence-electron chi connectivity index (χ2n) is 10.9. The Morgan fingerprint density at radius 1 is 1.03 bits per heavy atom. The third-order valence-electron chi connectivity index (χ3n) is 7.63. The second-order valence-corrected chi connectivity index (χ2v) is 10.9. The number of hydrogen-bond donors (Lipinski definition) is 3. The largest absolute Gasteiger partial charge is 0.382 e. The van der Waals surface area contributed by atoms with Crippen LogP contribution in [-0.4, -0.2) is 46.7 Å². The summed E-state index contributed by atoms with van der Waals surface area (Å²) in [6.45, 7) is 5.78. The summed E-state index contributed by atoms with van der Waals surface area (Å²) in [5.74, 6) is 0.678. The fourth-order valence-electron chi connectivity index (χ4n) is 5.78. The Balaban J connectivity index is 1.27. The van der Waals surface area contributed by atoms with Gasteiger partial charge in [-0.1, -0.05) is 0 Å². The number of carbonyl (C=O) groups excluding carboxylic acids is 3. The molecule has 1 aromatic heterocycles. The molecule has 2 aromatic rings. The quantitative estimate of drug-likeness (QED) is 0.485. The number of aryl methyl sites for hydroxylation is 1. The molecule has 2 aliphatic heterocycles. The zero-order chi connectivity index (χ0) is 25.6. The highest BCUT2D eigenvalue weighted by Crippen LogP contribution is 2.39. The normalized spacial score (nSPS) is 23.0. The molecular weight excluding hydrogens is 454 g/mol. The summed E-state index contributed by atoms with van der Waals surface area (Å²) in [4.78, 5) is 44.6. The van der Waals surface area contributed by atoms with Gasteiger partial charge in [-0.05, 0) is 89.1 Å². The maximum Gasteiger partial charge on any atom is 0.251 e. The molecule has 0 spiro atoms. The van der Waals surface area contributed by atoms with E-state index in [0.717, 1.165) is 49.9 Å². The third kappa shape index (κ3) is 4.81. The SMILES string of the molecule is Cc1cc(C(N)=O)c(NC(C)C)cc1C(=O)N[C@H]1C[C@H]2CC[C@@H](C1)N2c1ccc(C(=O)C2CC2)cn1. The molecule has 0 radical (unpaired) electrons. The standard InChI is InChI=1S/C28H35N5O3/c1-15(2)31-24-13-22(16(3)10-23(24)27(29)35)28(36)32-19-11-20-7-8-21(12-19)33(20)25-9-6-18(14-30-25)26(34)17-4-5-17/h6,9-10,13-15,17,19-21,31H,4-5,7-8,11-12H2,1-3H3,(H2,29,35)(H,32,36)/t19-,20+,21-. The number of aromatic nitrogens is 1. The highest BCUT2D eigenvalue weighted by molar-refractivity contribution is 6.03. The Kier molecular flexibility index (Phi) is 6.45. The van der Waals surface area contributed by atoms with Crippen LogP contribution in [0.15, 0.2) is 30.5 Å². The lowest BCUT2D eigenvalue weighted by Crippen LogP contribution is -2.50. The summed E-state index contributed by atoms with van der Waals surface area (Å²) in [6, 6.07) is 8.10. The number of carbonyl (C=O) groups is 3. The number of amides is 2. The summed E-state index contributed by atoms with van der Waals surface area (Å²) >= 11 is 0. The van der Waals surface area contributed by atoms with Crippen molar-refractivity contribution in [3.8, 4) is 0 Å². The smallest absolute Gasteiger partial charge is 0.251 e. The van der Waals surface area contributed by atoms with Crippen LogP contribution in [0.3, 0.4) is 0 Å². The monoisotopic (exact) mass is 489 g/mol. The van der Waals surface area contributed by atoms with Crippen LogP contribution in [-0.2, 0) is 0 Å². The van der Waals surface area contributed by atoms with Gasteiger partial charge in [-0.25, -0.2) is 4.98 Å². The van der Waals surface area contributed by atoms with Gasteiger partial charge in [0, 0.05) is 53.1 Å². The topological polar surface area (TPSA) is 117 Å². The van der Waals surface area contributed by atoms with Gasteiger partial charge in [-0.15, -0.1) is 0 Å². The zero-order valence-electron chi connectivity index (χ0n) is 21.2. The number of nitrogens with two attached hydrogens (primary N) is 1. The van der Waals surface area contributed by atoms with Crippen LogP contribution in [0.25, 0.3) is 0 Å². The molecule has 8 nitrogen and oxygen atoms in total. The molecule has 4 N–H and O–H groups in total. The number of Topliss-reactive ketones (excluding diaryl/α,β-unsaturated/α-hetero) is 1. The average molecular weight is 490 g/mol. The molecule has 5 rings (SSSR count). The van der Waals surface area contributed by atoms with E-state index in [1.165, 1.54) is 0 Å². The number of rotatable bonds is 8. The predicted octanol–water partition coefficient (Wildman–Crippen LogP) is 3.83. The van der Waals surface area contributed by atoms with Gasteiger partial charge in [0.2, 0.25) is 0 Å². The van der Waals surface area contributed by atoms with Gasteiger partial charge in [0.05, 0.1) is 5.56 Å². The molecular formula is C28H35N5O3. The van der Waals surface area contributed by atoms with Crippen molar-refractivity contribution in [2.75, 3.05) is 10.2 Å². The first-order chi connectivity index (χ1) is 17.2. The highest BCUT2D eigenvalue weighted by atomic mass is 16.2. The van der Waals surface area contributed by atoms with Crippen LogP contribution in [0.2, 0.25) is 0 Å². The number of anilines is 2. The first-order valence-corrected chi connectivity index (χ1v) is 13.0. The second kappa shape index (κ2) is 9.56. The maximum atomic E-state index is 13.3. The molecule has 3 atom stereocenters. The van der Waals surface area contributed by atoms with E-state index in [4.69, 9.17) is 5.73 Å². The fourth-order valence-corrected chi connectivity index (χ4v) is 5.78. The minimum absolute atomic E-state index is 0.0682. The van der Waals surface area contributed by atoms with E-state index in [-0.39, 0.29) is 29.7 Å². The number of pyridine rings is 1. The number of primary amides is 1. The molecule has 1 aliphatic carbocycles. The van der Waals surface area contributed by atoms with Gasteiger partial charge in [0.1, 0.15) is 5.82 Å². The number of benzene rings is 1. The van der Waals surface area contributed by atoms with Crippen molar-refractivity contribution < 1.29 is 14.4 Å². The summed E-state index contributed by atoms with van der Waals surface area (Å²) in [6.07, 6.45) is 7.55. The molecule has 3 aliphatic rings. The molecule has 0 unspecified atom stereocenters. The number of hydrogen-bond acceptors (Lipinski definition) is 6. The summed E-state index contributed by atoms with van der Waals surface area (Å²) < 4.78 is 0. The van der Waals surface area contributed by atoms with Crippen molar-refractivity contribution in [2.24, 2.45) is 11.7 Å². The van der Waals surface area contributed by atoms with Gasteiger partial charge in [-0.3, -0.25) is 14.4 Å². The molecule has 8 heteroatoms. The molecule has 3 heterocycles. The van der Waals surface area contributed by atoms with Crippen molar-refractivity contribution in [3.63, 3.8) is 0 Å². The Morgan fingerprint density at radius 3 is 2.28 bits per heavy atom. The fraction of sp³-hybridized carbons (Fsp3) is 0.500. The lowest BCUT2D eigenvalue weighted by atomic mass is 9.95. The maximum absolute atomic E-state index is 13.3. The Hall–Kier alpha value is -3.42. The van der Waals surface area contributed by atoms with E-state index in [0.29, 0.717) is 34.5 Å². The van der Waals surface area contributed by atoms with Crippen molar-refractivity contribution in [1.82, 2.24) is 10.3 Å². The van der Waals surface area contributed by atoms with Crippen LogP contribution in [0.4, 0.5) is 11.5 Å². The minimum atomic E-state index is -0.518. The summed E-state index contributed by atoms with van der Waals surface area (Å²) in [5, 5.41) is 6.48. The van der Waals surface area contributed by atoms with Crippen molar-refractivity contribution >= 4 is 29.1 Å². The van der Waals surface area contributed by atoms with Crippen LogP contribution < -0.4 is 21.3 Å². The summed E-state index contributed by atoms with van der Waals surface area (Å²) in [7, 11) is 0. The van der Waals surface area contributed by atoms with Gasteiger partial charge < -0.3 is 21.3 Å². The van der Waals surface area contributed by atoms with E-state index in [2.05, 4.69) is 20.5 Å². The molecule has 36 heavy (non-hydrogen) atoms. The van der Waals surface area contributed by atoms with Crippen LogP contribution in [0.5, 0.6) is 0 Å². The van der Waals surface area contributed by atoms with Gasteiger partial charge in [0.25, 0.3) is 11.8 Å². The Morgan fingerprint density at radius 2 is 1.72 bits per heavy atom.